The lowest BCUT2D eigenvalue weighted by Gasteiger charge is -2.20. The number of likely N-dealkylation sites (tertiary alicyclic amines) is 1. The molecule has 1 aliphatic rings. The van der Waals surface area contributed by atoms with Gasteiger partial charge in [-0.05, 0) is 32.9 Å². The summed E-state index contributed by atoms with van der Waals surface area (Å²) in [5.74, 6) is -0.981. The molecule has 0 aliphatic carbocycles. The zero-order valence-electron chi connectivity index (χ0n) is 11.1. The van der Waals surface area contributed by atoms with E-state index in [9.17, 15) is 9.59 Å². The molecule has 0 aromatic heterocycles. The van der Waals surface area contributed by atoms with E-state index < -0.39 is 18.0 Å². The summed E-state index contributed by atoms with van der Waals surface area (Å²) in [7, 11) is 2.04. The number of likely N-dealkylation sites (N-methyl/N-ethyl adjacent to an activating group) is 1. The molecule has 1 fully saturated rings. The van der Waals surface area contributed by atoms with Gasteiger partial charge in [0, 0.05) is 12.6 Å². The highest BCUT2D eigenvalue weighted by Crippen LogP contribution is 2.13. The van der Waals surface area contributed by atoms with Crippen molar-refractivity contribution in [3.05, 3.63) is 0 Å². The number of aliphatic carboxylic acids is 1. The Kier molecular flexibility index (Phi) is 5.91. The number of rotatable bonds is 6. The minimum Gasteiger partial charge on any atom is -0.480 e. The van der Waals surface area contributed by atoms with Crippen LogP contribution in [0.25, 0.3) is 0 Å². The van der Waals surface area contributed by atoms with Crippen molar-refractivity contribution in [2.75, 3.05) is 20.1 Å². The van der Waals surface area contributed by atoms with Gasteiger partial charge in [-0.25, -0.2) is 9.59 Å². The molecule has 1 heterocycles. The number of carboxylic acids is 1. The van der Waals surface area contributed by atoms with E-state index in [2.05, 4.69) is 15.5 Å². The van der Waals surface area contributed by atoms with Crippen molar-refractivity contribution in [3.8, 4) is 0 Å². The standard InChI is InChI=1S/C12H23N3O3/c1-3-5-10(11(16)17)14-12(18)13-8-9-6-4-7-15(9)2/h9-10H,3-8H2,1-2H3,(H,16,17)(H2,13,14,18)/t9?,10-/m0/s1. The average molecular weight is 257 g/mol. The maximum Gasteiger partial charge on any atom is 0.326 e. The minimum atomic E-state index is -0.981. The van der Waals surface area contributed by atoms with E-state index in [0.29, 0.717) is 19.0 Å². The summed E-state index contributed by atoms with van der Waals surface area (Å²) in [6.45, 7) is 3.52. The molecule has 1 aliphatic heterocycles. The number of nitrogens with one attached hydrogen (secondary N) is 2. The number of hydrogen-bond donors (Lipinski definition) is 3. The van der Waals surface area contributed by atoms with Crippen molar-refractivity contribution >= 4 is 12.0 Å². The lowest BCUT2D eigenvalue weighted by Crippen LogP contribution is -2.48. The smallest absolute Gasteiger partial charge is 0.326 e. The van der Waals surface area contributed by atoms with Crippen molar-refractivity contribution in [1.29, 1.82) is 0 Å². The summed E-state index contributed by atoms with van der Waals surface area (Å²) in [6.07, 6.45) is 3.40. The van der Waals surface area contributed by atoms with Gasteiger partial charge in [-0.3, -0.25) is 0 Å². The first-order valence-corrected chi connectivity index (χ1v) is 6.52. The monoisotopic (exact) mass is 257 g/mol. The minimum absolute atomic E-state index is 0.366. The first-order chi connectivity index (χ1) is 8.54. The molecule has 2 amide bonds. The topological polar surface area (TPSA) is 81.7 Å². The van der Waals surface area contributed by atoms with Crippen molar-refractivity contribution in [2.45, 2.75) is 44.7 Å². The summed E-state index contributed by atoms with van der Waals surface area (Å²) in [4.78, 5) is 24.7. The van der Waals surface area contributed by atoms with E-state index in [1.54, 1.807) is 0 Å². The van der Waals surface area contributed by atoms with Crippen LogP contribution in [0.4, 0.5) is 4.79 Å². The molecular weight excluding hydrogens is 234 g/mol. The first-order valence-electron chi connectivity index (χ1n) is 6.52. The van der Waals surface area contributed by atoms with Gasteiger partial charge in [-0.1, -0.05) is 13.3 Å². The van der Waals surface area contributed by atoms with Gasteiger partial charge in [0.25, 0.3) is 0 Å². The highest BCUT2D eigenvalue weighted by Gasteiger charge is 2.22. The van der Waals surface area contributed by atoms with Crippen LogP contribution < -0.4 is 10.6 Å². The van der Waals surface area contributed by atoms with E-state index in [-0.39, 0.29) is 0 Å². The molecule has 0 bridgehead atoms. The predicted octanol–water partition coefficient (Wildman–Crippen LogP) is 0.633. The quantitative estimate of drug-likeness (QED) is 0.652. The Labute approximate surface area is 108 Å². The van der Waals surface area contributed by atoms with Crippen LogP contribution in [0.15, 0.2) is 0 Å². The molecule has 0 saturated carbocycles. The Balaban J connectivity index is 2.29. The average Bonchev–Trinajstić information content (AvgIpc) is 2.71. The molecule has 1 saturated heterocycles. The molecule has 18 heavy (non-hydrogen) atoms. The van der Waals surface area contributed by atoms with Crippen LogP contribution in [-0.4, -0.2) is 54.2 Å². The number of carbonyl (C=O) groups is 2. The van der Waals surface area contributed by atoms with E-state index in [0.717, 1.165) is 25.8 Å². The number of carbonyl (C=O) groups excluding carboxylic acids is 1. The fourth-order valence-corrected chi connectivity index (χ4v) is 2.20. The third-order valence-corrected chi connectivity index (χ3v) is 3.35. The Bertz CT molecular complexity index is 296. The number of hydrogen-bond acceptors (Lipinski definition) is 3. The Morgan fingerprint density at radius 1 is 1.50 bits per heavy atom. The predicted molar refractivity (Wildman–Crippen MR) is 68.5 cm³/mol. The van der Waals surface area contributed by atoms with Crippen molar-refractivity contribution in [2.24, 2.45) is 0 Å². The van der Waals surface area contributed by atoms with Gasteiger partial charge in [0.1, 0.15) is 6.04 Å². The molecule has 2 atom stereocenters. The summed E-state index contributed by atoms with van der Waals surface area (Å²) in [5.41, 5.74) is 0. The van der Waals surface area contributed by atoms with Crippen LogP contribution in [0, 0.1) is 0 Å². The molecule has 0 radical (unpaired) electrons. The highest BCUT2D eigenvalue weighted by molar-refractivity contribution is 5.82. The van der Waals surface area contributed by atoms with E-state index in [4.69, 9.17) is 5.11 Å². The lowest BCUT2D eigenvalue weighted by molar-refractivity contribution is -0.139. The van der Waals surface area contributed by atoms with Gasteiger partial charge in [0.05, 0.1) is 0 Å². The molecule has 104 valence electrons. The number of amides is 2. The van der Waals surface area contributed by atoms with Gasteiger partial charge in [0.2, 0.25) is 0 Å². The van der Waals surface area contributed by atoms with Crippen molar-refractivity contribution in [1.82, 2.24) is 15.5 Å². The highest BCUT2D eigenvalue weighted by atomic mass is 16.4. The second kappa shape index (κ2) is 7.20. The first kappa shape index (κ1) is 14.8. The maximum atomic E-state index is 11.6. The van der Waals surface area contributed by atoms with E-state index in [1.165, 1.54) is 0 Å². The van der Waals surface area contributed by atoms with Crippen LogP contribution in [0.3, 0.4) is 0 Å². The summed E-state index contributed by atoms with van der Waals surface area (Å²) < 4.78 is 0. The largest absolute Gasteiger partial charge is 0.480 e. The van der Waals surface area contributed by atoms with Crippen LogP contribution in [0.1, 0.15) is 32.6 Å². The molecule has 0 aromatic carbocycles. The van der Waals surface area contributed by atoms with E-state index in [1.807, 2.05) is 14.0 Å². The second-order valence-electron chi connectivity index (χ2n) is 4.81. The van der Waals surface area contributed by atoms with Gasteiger partial charge in [0.15, 0.2) is 0 Å². The van der Waals surface area contributed by atoms with Gasteiger partial charge < -0.3 is 20.6 Å². The molecule has 0 spiro atoms. The Morgan fingerprint density at radius 2 is 2.22 bits per heavy atom. The maximum absolute atomic E-state index is 11.6. The number of nitrogens with zero attached hydrogens (tertiary/aromatic N) is 1. The summed E-state index contributed by atoms with van der Waals surface area (Å²) in [6, 6.07) is -0.822. The third kappa shape index (κ3) is 4.52. The van der Waals surface area contributed by atoms with Crippen molar-refractivity contribution < 1.29 is 14.7 Å². The molecule has 6 heteroatoms. The van der Waals surface area contributed by atoms with Gasteiger partial charge in [-0.15, -0.1) is 0 Å². The fraction of sp³-hybridized carbons (Fsp3) is 0.833. The zero-order chi connectivity index (χ0) is 13.5. The molecule has 0 aromatic rings. The van der Waals surface area contributed by atoms with Crippen LogP contribution in [0.2, 0.25) is 0 Å². The summed E-state index contributed by atoms with van der Waals surface area (Å²) in [5, 5.41) is 14.2. The van der Waals surface area contributed by atoms with Crippen LogP contribution in [0.5, 0.6) is 0 Å². The molecule has 1 rings (SSSR count). The molecule has 6 nitrogen and oxygen atoms in total. The molecule has 3 N–H and O–H groups in total. The number of urea groups is 1. The van der Waals surface area contributed by atoms with Crippen molar-refractivity contribution in [3.63, 3.8) is 0 Å². The Hall–Kier alpha value is -1.30. The zero-order valence-corrected chi connectivity index (χ0v) is 11.1. The van der Waals surface area contributed by atoms with Crippen LogP contribution in [-0.2, 0) is 4.79 Å². The molecular formula is C12H23N3O3. The second-order valence-corrected chi connectivity index (χ2v) is 4.81. The van der Waals surface area contributed by atoms with E-state index >= 15 is 0 Å². The van der Waals surface area contributed by atoms with Crippen LogP contribution >= 0.6 is 0 Å². The van der Waals surface area contributed by atoms with Gasteiger partial charge in [-0.2, -0.15) is 0 Å². The van der Waals surface area contributed by atoms with Gasteiger partial charge >= 0.3 is 12.0 Å². The Morgan fingerprint density at radius 3 is 2.72 bits per heavy atom. The fourth-order valence-electron chi connectivity index (χ4n) is 2.20. The summed E-state index contributed by atoms with van der Waals surface area (Å²) >= 11 is 0. The molecule has 1 unspecified atom stereocenters. The SMILES string of the molecule is CCC[C@H](NC(=O)NCC1CCCN1C)C(=O)O. The lowest BCUT2D eigenvalue weighted by atomic mass is 10.2. The third-order valence-electron chi connectivity index (χ3n) is 3.35. The number of carboxylic acid groups (broad SMARTS) is 1. The normalized spacial score (nSPS) is 21.6.